The molecule has 0 atom stereocenters. The number of aromatic nitrogens is 1. The monoisotopic (exact) mass is 494 g/mol. The fraction of sp³-hybridized carbons (Fsp3) is 0.100. The van der Waals surface area contributed by atoms with Crippen LogP contribution in [0.25, 0.3) is 0 Å². The first kappa shape index (κ1) is 21.3. The number of rotatable bonds is 6. The quantitative estimate of drug-likeness (QED) is 0.464. The highest BCUT2D eigenvalue weighted by Crippen LogP contribution is 2.32. The summed E-state index contributed by atoms with van der Waals surface area (Å²) < 4.78 is 33.3. The number of carbonyl (C=O) groups excluding carboxylic acids is 1. The van der Waals surface area contributed by atoms with Crippen LogP contribution in [0.3, 0.4) is 0 Å². The van der Waals surface area contributed by atoms with Crippen LogP contribution in [0.1, 0.15) is 15.9 Å². The number of carbonyl (C=O) groups is 1. The Morgan fingerprint density at radius 3 is 2.38 bits per heavy atom. The maximum absolute atomic E-state index is 13.4. The lowest BCUT2D eigenvalue weighted by Crippen LogP contribution is -2.31. The van der Waals surface area contributed by atoms with Crippen molar-refractivity contribution in [1.29, 1.82) is 0 Å². The molecule has 9 heteroatoms. The zero-order valence-electron chi connectivity index (χ0n) is 15.2. The van der Waals surface area contributed by atoms with E-state index in [1.54, 1.807) is 6.07 Å². The molecule has 0 aliphatic rings. The van der Waals surface area contributed by atoms with E-state index in [-0.39, 0.29) is 27.8 Å². The lowest BCUT2D eigenvalue weighted by molar-refractivity contribution is 0.0600. The first-order valence-electron chi connectivity index (χ1n) is 8.39. The van der Waals surface area contributed by atoms with Crippen molar-refractivity contribution < 1.29 is 17.9 Å². The third-order valence-corrected chi connectivity index (χ3v) is 6.52. The summed E-state index contributed by atoms with van der Waals surface area (Å²) in [6, 6.07) is 16.2. The second-order valence-electron chi connectivity index (χ2n) is 5.97. The number of anilines is 1. The van der Waals surface area contributed by atoms with E-state index < -0.39 is 16.0 Å². The Morgan fingerprint density at radius 2 is 1.79 bits per heavy atom. The number of pyridine rings is 1. The minimum atomic E-state index is -4.02. The van der Waals surface area contributed by atoms with Crippen LogP contribution in [0.15, 0.2) is 76.2 Å². The molecule has 1 heterocycles. The molecule has 0 spiro atoms. The van der Waals surface area contributed by atoms with Crippen molar-refractivity contribution in [1.82, 2.24) is 4.98 Å². The summed E-state index contributed by atoms with van der Waals surface area (Å²) >= 11 is 9.59. The van der Waals surface area contributed by atoms with Crippen LogP contribution >= 0.6 is 27.5 Å². The van der Waals surface area contributed by atoms with Crippen LogP contribution in [-0.4, -0.2) is 26.5 Å². The lowest BCUT2D eigenvalue weighted by Gasteiger charge is -2.24. The first-order chi connectivity index (χ1) is 13.8. The van der Waals surface area contributed by atoms with Crippen molar-refractivity contribution in [3.63, 3.8) is 0 Å². The molecule has 0 bridgehead atoms. The molecule has 3 aromatic rings. The molecule has 0 saturated carbocycles. The predicted molar refractivity (Wildman–Crippen MR) is 115 cm³/mol. The molecule has 0 aliphatic carbocycles. The Bertz CT molecular complexity index is 1120. The molecule has 0 unspecified atom stereocenters. The van der Waals surface area contributed by atoms with E-state index in [1.807, 2.05) is 30.3 Å². The number of hydrogen-bond donors (Lipinski definition) is 0. The molecule has 3 rings (SSSR count). The van der Waals surface area contributed by atoms with Gasteiger partial charge in [0.25, 0.3) is 10.0 Å². The van der Waals surface area contributed by atoms with Crippen LogP contribution in [-0.2, 0) is 21.3 Å². The van der Waals surface area contributed by atoms with E-state index in [0.717, 1.165) is 9.87 Å². The van der Waals surface area contributed by atoms with E-state index in [0.29, 0.717) is 4.47 Å². The van der Waals surface area contributed by atoms with Crippen LogP contribution in [0.2, 0.25) is 5.02 Å². The van der Waals surface area contributed by atoms with Crippen LogP contribution in [0.4, 0.5) is 5.82 Å². The minimum Gasteiger partial charge on any atom is -0.465 e. The zero-order chi connectivity index (χ0) is 21.0. The van der Waals surface area contributed by atoms with Gasteiger partial charge in [-0.15, -0.1) is 0 Å². The molecular formula is C20H16BrClN2O4S. The SMILES string of the molecule is COC(=O)c1ccc(S(=O)(=O)N(Cc2ccccc2)c2ncc(Br)cc2Cl)cc1. The average molecular weight is 496 g/mol. The van der Waals surface area contributed by atoms with Gasteiger partial charge in [0.15, 0.2) is 5.82 Å². The van der Waals surface area contributed by atoms with E-state index in [2.05, 4.69) is 25.7 Å². The van der Waals surface area contributed by atoms with Gasteiger partial charge >= 0.3 is 5.97 Å². The van der Waals surface area contributed by atoms with Crippen molar-refractivity contribution >= 4 is 49.3 Å². The standard InChI is InChI=1S/C20H16BrClN2O4S/c1-28-20(25)15-7-9-17(10-8-15)29(26,27)24(13-14-5-3-2-4-6-14)19-18(22)11-16(21)12-23-19/h2-12H,13H2,1H3. The normalized spacial score (nSPS) is 11.1. The lowest BCUT2D eigenvalue weighted by atomic mass is 10.2. The molecule has 0 radical (unpaired) electrons. The third-order valence-electron chi connectivity index (χ3n) is 4.06. The molecule has 150 valence electrons. The van der Waals surface area contributed by atoms with E-state index >= 15 is 0 Å². The fourth-order valence-electron chi connectivity index (χ4n) is 2.62. The molecule has 6 nitrogen and oxygen atoms in total. The van der Waals surface area contributed by atoms with Gasteiger partial charge in [0.2, 0.25) is 0 Å². The average Bonchev–Trinajstić information content (AvgIpc) is 2.72. The van der Waals surface area contributed by atoms with Gasteiger partial charge < -0.3 is 4.74 Å². The van der Waals surface area contributed by atoms with Crippen LogP contribution in [0.5, 0.6) is 0 Å². The Balaban J connectivity index is 2.07. The largest absolute Gasteiger partial charge is 0.465 e. The number of nitrogens with zero attached hydrogens (tertiary/aromatic N) is 2. The minimum absolute atomic E-state index is 0.00173. The maximum atomic E-state index is 13.4. The van der Waals surface area contributed by atoms with Crippen molar-refractivity contribution in [3.8, 4) is 0 Å². The molecule has 0 fully saturated rings. The Labute approximate surface area is 182 Å². The number of ether oxygens (including phenoxy) is 1. The molecule has 0 amide bonds. The highest BCUT2D eigenvalue weighted by Gasteiger charge is 2.28. The first-order valence-corrected chi connectivity index (χ1v) is 11.0. The Kier molecular flexibility index (Phi) is 6.56. The highest BCUT2D eigenvalue weighted by molar-refractivity contribution is 9.10. The topological polar surface area (TPSA) is 76.6 Å². The smallest absolute Gasteiger partial charge is 0.337 e. The van der Waals surface area contributed by atoms with E-state index in [4.69, 9.17) is 11.6 Å². The van der Waals surface area contributed by atoms with Gasteiger partial charge in [-0.05, 0) is 51.8 Å². The number of esters is 1. The second kappa shape index (κ2) is 8.94. The van der Waals surface area contributed by atoms with Gasteiger partial charge in [-0.3, -0.25) is 0 Å². The molecule has 0 N–H and O–H groups in total. The summed E-state index contributed by atoms with van der Waals surface area (Å²) in [4.78, 5) is 15.9. The molecular weight excluding hydrogens is 480 g/mol. The number of halogens is 2. The van der Waals surface area contributed by atoms with Gasteiger partial charge in [0.1, 0.15) is 0 Å². The molecule has 2 aromatic carbocycles. The molecule has 0 saturated heterocycles. The molecule has 0 aliphatic heterocycles. The van der Waals surface area contributed by atoms with Crippen LogP contribution in [0, 0.1) is 0 Å². The van der Waals surface area contributed by atoms with Gasteiger partial charge in [-0.25, -0.2) is 22.5 Å². The highest BCUT2D eigenvalue weighted by atomic mass is 79.9. The summed E-state index contributed by atoms with van der Waals surface area (Å²) in [6.45, 7) is 0.0380. The second-order valence-corrected chi connectivity index (χ2v) is 9.16. The Hall–Kier alpha value is -2.42. The summed E-state index contributed by atoms with van der Waals surface area (Å²) in [6.07, 6.45) is 1.48. The summed E-state index contributed by atoms with van der Waals surface area (Å²) in [5.41, 5.74) is 1.02. The van der Waals surface area contributed by atoms with Crippen molar-refractivity contribution in [2.24, 2.45) is 0 Å². The summed E-state index contributed by atoms with van der Waals surface area (Å²) in [5.74, 6) is -0.441. The molecule has 1 aromatic heterocycles. The van der Waals surface area contributed by atoms with Gasteiger partial charge in [-0.2, -0.15) is 0 Å². The zero-order valence-corrected chi connectivity index (χ0v) is 18.4. The summed E-state index contributed by atoms with van der Waals surface area (Å²) in [7, 11) is -2.76. The van der Waals surface area contributed by atoms with E-state index in [9.17, 15) is 13.2 Å². The van der Waals surface area contributed by atoms with E-state index in [1.165, 1.54) is 37.6 Å². The van der Waals surface area contributed by atoms with Gasteiger partial charge in [-0.1, -0.05) is 41.9 Å². The predicted octanol–water partition coefficient (Wildman–Crippen LogP) is 4.68. The van der Waals surface area contributed by atoms with Gasteiger partial charge in [0.05, 0.1) is 29.1 Å². The number of sulfonamides is 1. The van der Waals surface area contributed by atoms with Crippen LogP contribution < -0.4 is 4.31 Å². The van der Waals surface area contributed by atoms with Crippen molar-refractivity contribution in [2.75, 3.05) is 11.4 Å². The summed E-state index contributed by atoms with van der Waals surface area (Å²) in [5, 5.41) is 0.185. The fourth-order valence-corrected chi connectivity index (χ4v) is 4.83. The number of hydrogen-bond acceptors (Lipinski definition) is 5. The number of benzene rings is 2. The third kappa shape index (κ3) is 4.77. The molecule has 29 heavy (non-hydrogen) atoms. The Morgan fingerprint density at radius 1 is 1.14 bits per heavy atom. The van der Waals surface area contributed by atoms with Gasteiger partial charge in [0, 0.05) is 10.7 Å². The number of methoxy groups -OCH3 is 1. The van der Waals surface area contributed by atoms with Crippen molar-refractivity contribution in [3.05, 3.63) is 87.5 Å². The maximum Gasteiger partial charge on any atom is 0.337 e. The van der Waals surface area contributed by atoms with Crippen molar-refractivity contribution in [2.45, 2.75) is 11.4 Å².